The molecule has 4 rings (SSSR count). The first-order valence-corrected chi connectivity index (χ1v) is 10.6. The molecule has 0 unspecified atom stereocenters. The Labute approximate surface area is 172 Å². The molecule has 2 aromatic carbocycles. The first-order valence-electron chi connectivity index (χ1n) is 9.44. The zero-order valence-electron chi connectivity index (χ0n) is 15.4. The van der Waals surface area contributed by atoms with Crippen molar-refractivity contribution in [1.82, 2.24) is 14.8 Å². The van der Waals surface area contributed by atoms with Gasteiger partial charge in [0.25, 0.3) is 0 Å². The first kappa shape index (κ1) is 19.2. The molecule has 0 radical (unpaired) electrons. The molecule has 0 saturated carbocycles. The van der Waals surface area contributed by atoms with Crippen molar-refractivity contribution in [2.75, 3.05) is 13.1 Å². The van der Waals surface area contributed by atoms with Crippen molar-refractivity contribution in [3.8, 4) is 0 Å². The van der Waals surface area contributed by atoms with Crippen LogP contribution in [0.15, 0.2) is 53.3 Å². The normalized spacial score (nSPS) is 15.2. The molecule has 0 spiro atoms. The molecule has 0 atom stereocenters. The van der Waals surface area contributed by atoms with Crippen molar-refractivity contribution < 1.29 is 4.79 Å². The van der Waals surface area contributed by atoms with Crippen LogP contribution in [0.1, 0.15) is 18.4 Å². The Morgan fingerprint density at radius 2 is 1.89 bits per heavy atom. The molecular formula is C21H22ClN3O2S. The summed E-state index contributed by atoms with van der Waals surface area (Å²) in [6.07, 6.45) is 1.84. The molecule has 1 aromatic heterocycles. The molecule has 1 fully saturated rings. The second-order valence-electron chi connectivity index (χ2n) is 7.09. The Hall–Kier alpha value is -2.15. The fourth-order valence-electron chi connectivity index (χ4n) is 3.61. The summed E-state index contributed by atoms with van der Waals surface area (Å²) in [4.78, 5) is 26.8. The number of nitrogens with zero attached hydrogens (tertiary/aromatic N) is 2. The largest absolute Gasteiger partial charge is 0.341 e. The Balaban J connectivity index is 1.34. The summed E-state index contributed by atoms with van der Waals surface area (Å²) in [5.74, 6) is -0.0108. The fraction of sp³-hybridized carbons (Fsp3) is 0.333. The van der Waals surface area contributed by atoms with E-state index >= 15 is 0 Å². The van der Waals surface area contributed by atoms with Crippen molar-refractivity contribution in [1.29, 1.82) is 0 Å². The van der Waals surface area contributed by atoms with E-state index in [4.69, 9.17) is 11.6 Å². The lowest BCUT2D eigenvalue weighted by molar-refractivity contribution is -0.132. The second-order valence-corrected chi connectivity index (χ2v) is 8.52. The molecule has 28 heavy (non-hydrogen) atoms. The molecule has 7 heteroatoms. The predicted octanol–water partition coefficient (Wildman–Crippen LogP) is 3.50. The van der Waals surface area contributed by atoms with E-state index in [2.05, 4.69) is 17.4 Å². The molecule has 0 bridgehead atoms. The van der Waals surface area contributed by atoms with E-state index in [-0.39, 0.29) is 17.3 Å². The summed E-state index contributed by atoms with van der Waals surface area (Å²) in [5, 5.41) is 4.14. The number of aromatic nitrogens is 1. The van der Waals surface area contributed by atoms with Crippen LogP contribution in [0.3, 0.4) is 0 Å². The summed E-state index contributed by atoms with van der Waals surface area (Å²) in [6.45, 7) is 2.34. The van der Waals surface area contributed by atoms with Gasteiger partial charge in [0.2, 0.25) is 5.91 Å². The highest BCUT2D eigenvalue weighted by molar-refractivity contribution is 7.16. The molecule has 0 aliphatic carbocycles. The van der Waals surface area contributed by atoms with Crippen LogP contribution in [0.25, 0.3) is 10.2 Å². The zero-order valence-corrected chi connectivity index (χ0v) is 17.0. The second kappa shape index (κ2) is 8.47. The number of likely N-dealkylation sites (tertiary alicyclic amines) is 1. The third-order valence-corrected chi connectivity index (χ3v) is 6.40. The van der Waals surface area contributed by atoms with Crippen molar-refractivity contribution in [2.45, 2.75) is 32.0 Å². The molecule has 1 N–H and O–H groups in total. The quantitative estimate of drug-likeness (QED) is 0.693. The van der Waals surface area contributed by atoms with Crippen LogP contribution in [0.2, 0.25) is 5.02 Å². The monoisotopic (exact) mass is 415 g/mol. The average Bonchev–Trinajstić information content (AvgIpc) is 3.02. The number of piperidine rings is 1. The minimum atomic E-state index is -0.120. The van der Waals surface area contributed by atoms with Gasteiger partial charge < -0.3 is 10.2 Å². The number of carbonyl (C=O) groups excluding carboxylic acids is 1. The molecular weight excluding hydrogens is 394 g/mol. The topological polar surface area (TPSA) is 54.3 Å². The molecule has 3 aromatic rings. The van der Waals surface area contributed by atoms with Gasteiger partial charge in [-0.1, -0.05) is 53.3 Å². The number of hydrogen-bond donors (Lipinski definition) is 1. The maximum atomic E-state index is 12.7. The van der Waals surface area contributed by atoms with Gasteiger partial charge in [-0.25, -0.2) is 0 Å². The zero-order chi connectivity index (χ0) is 19.5. The Bertz CT molecular complexity index is 1020. The number of rotatable bonds is 5. The number of hydrogen-bond acceptors (Lipinski definition) is 4. The number of carbonyl (C=O) groups is 1. The molecule has 1 aliphatic heterocycles. The van der Waals surface area contributed by atoms with E-state index in [1.165, 1.54) is 10.1 Å². The maximum Gasteiger partial charge on any atom is 0.308 e. The lowest BCUT2D eigenvalue weighted by atomic mass is 10.0. The maximum absolute atomic E-state index is 12.7. The number of amides is 1. The van der Waals surface area contributed by atoms with Crippen LogP contribution in [0, 0.1) is 0 Å². The van der Waals surface area contributed by atoms with Crippen LogP contribution < -0.4 is 10.2 Å². The number of benzene rings is 2. The lowest BCUT2D eigenvalue weighted by Crippen LogP contribution is -2.46. The van der Waals surface area contributed by atoms with Gasteiger partial charge in [-0.05, 0) is 36.6 Å². The fourth-order valence-corrected chi connectivity index (χ4v) is 4.65. The SMILES string of the molecule is O=C(Cn1c(=O)sc2ccc(Cl)cc21)N1CCC(NCc2ccccc2)CC1. The number of thiazole rings is 1. The van der Waals surface area contributed by atoms with Crippen LogP contribution in [0.4, 0.5) is 0 Å². The molecule has 5 nitrogen and oxygen atoms in total. The highest BCUT2D eigenvalue weighted by Crippen LogP contribution is 2.22. The van der Waals surface area contributed by atoms with Crippen LogP contribution in [-0.2, 0) is 17.9 Å². The van der Waals surface area contributed by atoms with E-state index in [1.54, 1.807) is 12.1 Å². The van der Waals surface area contributed by atoms with E-state index in [0.29, 0.717) is 24.2 Å². The third kappa shape index (κ3) is 4.29. The number of fused-ring (bicyclic) bond motifs is 1. The molecule has 1 aliphatic rings. The molecule has 1 saturated heterocycles. The van der Waals surface area contributed by atoms with Gasteiger partial charge in [0.05, 0.1) is 10.2 Å². The average molecular weight is 416 g/mol. The Kier molecular flexibility index (Phi) is 5.80. The Morgan fingerprint density at radius 3 is 2.64 bits per heavy atom. The minimum Gasteiger partial charge on any atom is -0.341 e. The smallest absolute Gasteiger partial charge is 0.308 e. The van der Waals surface area contributed by atoms with Crippen molar-refractivity contribution >= 4 is 39.1 Å². The highest BCUT2D eigenvalue weighted by Gasteiger charge is 2.23. The third-order valence-electron chi connectivity index (χ3n) is 5.21. The van der Waals surface area contributed by atoms with Crippen molar-refractivity contribution in [3.05, 3.63) is 68.8 Å². The predicted molar refractivity (Wildman–Crippen MR) is 114 cm³/mol. The summed E-state index contributed by atoms with van der Waals surface area (Å²) in [7, 11) is 0. The minimum absolute atomic E-state index is 0.0108. The van der Waals surface area contributed by atoms with Gasteiger partial charge in [0.1, 0.15) is 6.54 Å². The summed E-state index contributed by atoms with van der Waals surface area (Å²) >= 11 is 7.21. The highest BCUT2D eigenvalue weighted by atomic mass is 35.5. The first-order chi connectivity index (χ1) is 13.6. The van der Waals surface area contributed by atoms with E-state index < -0.39 is 0 Å². The van der Waals surface area contributed by atoms with Crippen molar-refractivity contribution in [2.24, 2.45) is 0 Å². The van der Waals surface area contributed by atoms with E-state index in [0.717, 1.165) is 40.9 Å². The van der Waals surface area contributed by atoms with Gasteiger partial charge in [-0.3, -0.25) is 14.2 Å². The lowest BCUT2D eigenvalue weighted by Gasteiger charge is -2.32. The molecule has 2 heterocycles. The molecule has 1 amide bonds. The number of nitrogens with one attached hydrogen (secondary N) is 1. The van der Waals surface area contributed by atoms with Crippen molar-refractivity contribution in [3.63, 3.8) is 0 Å². The van der Waals surface area contributed by atoms with E-state index in [9.17, 15) is 9.59 Å². The van der Waals surface area contributed by atoms with Gasteiger partial charge in [-0.15, -0.1) is 0 Å². The van der Waals surface area contributed by atoms with E-state index in [1.807, 2.05) is 29.2 Å². The Morgan fingerprint density at radius 1 is 1.14 bits per heavy atom. The van der Waals surface area contributed by atoms with Gasteiger partial charge in [0.15, 0.2) is 0 Å². The summed E-state index contributed by atoms with van der Waals surface area (Å²) in [6, 6.07) is 16.1. The standard InChI is InChI=1S/C21H22ClN3O2S/c22-16-6-7-19-18(12-16)25(21(27)28-19)14-20(26)24-10-8-17(9-11-24)23-13-15-4-2-1-3-5-15/h1-7,12,17,23H,8-11,13-14H2. The van der Waals surface area contributed by atoms with Crippen LogP contribution >= 0.6 is 22.9 Å². The van der Waals surface area contributed by atoms with Crippen LogP contribution in [-0.4, -0.2) is 34.5 Å². The van der Waals surface area contributed by atoms with Gasteiger partial charge >= 0.3 is 4.87 Å². The summed E-state index contributed by atoms with van der Waals surface area (Å²) < 4.78 is 2.39. The van der Waals surface area contributed by atoms with Gasteiger partial charge in [0, 0.05) is 30.7 Å². The van der Waals surface area contributed by atoms with Crippen LogP contribution in [0.5, 0.6) is 0 Å². The number of halogens is 1. The van der Waals surface area contributed by atoms with Gasteiger partial charge in [-0.2, -0.15) is 0 Å². The molecule has 146 valence electrons. The summed E-state index contributed by atoms with van der Waals surface area (Å²) in [5.41, 5.74) is 2.00.